The number of hydrogen-bond acceptors (Lipinski definition) is 8. The van der Waals surface area contributed by atoms with Crippen LogP contribution in [0.15, 0.2) is 48.5 Å². The van der Waals surface area contributed by atoms with Gasteiger partial charge in [0.25, 0.3) is 11.8 Å². The number of carbonyl (C=O) groups is 4. The number of hydrogen-bond donors (Lipinski definition) is 1. The molecule has 2 atom stereocenters. The fourth-order valence-corrected chi connectivity index (χ4v) is 6.67. The summed E-state index contributed by atoms with van der Waals surface area (Å²) in [5.74, 6) is -1.77. The van der Waals surface area contributed by atoms with E-state index in [9.17, 15) is 19.2 Å². The van der Waals surface area contributed by atoms with Gasteiger partial charge in [-0.3, -0.25) is 34.3 Å². The Morgan fingerprint density at radius 1 is 0.721 bits per heavy atom. The fourth-order valence-electron chi connectivity index (χ4n) is 6.67. The topological polar surface area (TPSA) is 115 Å². The molecule has 0 aliphatic carbocycles. The zero-order chi connectivity index (χ0) is 30.2. The zero-order valence-electron chi connectivity index (χ0n) is 24.3. The third kappa shape index (κ3) is 4.18. The van der Waals surface area contributed by atoms with Crippen molar-refractivity contribution in [1.82, 2.24) is 24.3 Å². The minimum absolute atomic E-state index is 0.0553. The molecule has 4 heterocycles. The minimum Gasteiger partial charge on any atom is -0.455 e. The maximum absolute atomic E-state index is 13.4. The molecule has 0 saturated heterocycles. The number of ether oxygens (including phenoxy) is 2. The number of carbonyl (C=O) groups excluding carboxylic acids is 4. The van der Waals surface area contributed by atoms with E-state index in [2.05, 4.69) is 5.32 Å². The fraction of sp³-hybridized carbons (Fsp3) is 0.312. The summed E-state index contributed by atoms with van der Waals surface area (Å²) in [6, 6.07) is 15.4. The SMILES string of the molecule is CN(C)CC(=O)OC1Cn2c3ccccc3c3c4c(c5c6ccccc6n(c5c32)CC1OC(=O)CN(C)C)C(=O)NC4=O. The molecule has 2 aromatic heterocycles. The second kappa shape index (κ2) is 9.92. The highest BCUT2D eigenvalue weighted by Crippen LogP contribution is 2.46. The second-order valence-electron chi connectivity index (χ2n) is 11.8. The molecule has 0 radical (unpaired) electrons. The quantitative estimate of drug-likeness (QED) is 0.241. The Morgan fingerprint density at radius 3 is 1.51 bits per heavy atom. The molecule has 2 amide bonds. The molecule has 11 heteroatoms. The predicted octanol–water partition coefficient (Wildman–Crippen LogP) is 2.75. The van der Waals surface area contributed by atoms with E-state index in [0.717, 1.165) is 32.8 Å². The molecule has 7 rings (SSSR count). The summed E-state index contributed by atoms with van der Waals surface area (Å²) in [5, 5.41) is 5.48. The van der Waals surface area contributed by atoms with E-state index in [0.29, 0.717) is 21.9 Å². The number of benzene rings is 3. The van der Waals surface area contributed by atoms with Gasteiger partial charge in [-0.15, -0.1) is 0 Å². The van der Waals surface area contributed by atoms with Gasteiger partial charge < -0.3 is 18.6 Å². The van der Waals surface area contributed by atoms with E-state index in [1.807, 2.05) is 57.7 Å². The first-order chi connectivity index (χ1) is 20.6. The molecule has 0 spiro atoms. The van der Waals surface area contributed by atoms with Gasteiger partial charge in [0.2, 0.25) is 0 Å². The molecule has 2 unspecified atom stereocenters. The van der Waals surface area contributed by atoms with Crippen molar-refractivity contribution in [2.45, 2.75) is 25.3 Å². The molecule has 0 saturated carbocycles. The van der Waals surface area contributed by atoms with Gasteiger partial charge in [-0.2, -0.15) is 0 Å². The number of aromatic nitrogens is 2. The van der Waals surface area contributed by atoms with Crippen molar-refractivity contribution in [3.8, 4) is 0 Å². The third-order valence-corrected chi connectivity index (χ3v) is 8.19. The van der Waals surface area contributed by atoms with E-state index >= 15 is 0 Å². The van der Waals surface area contributed by atoms with Gasteiger partial charge in [-0.25, -0.2) is 0 Å². The molecule has 5 aromatic rings. The Bertz CT molecular complexity index is 1880. The van der Waals surface area contributed by atoms with Crippen LogP contribution in [0.3, 0.4) is 0 Å². The van der Waals surface area contributed by atoms with Crippen LogP contribution in [0, 0.1) is 0 Å². The Morgan fingerprint density at radius 2 is 1.12 bits per heavy atom. The molecule has 1 N–H and O–H groups in total. The maximum atomic E-state index is 13.4. The number of rotatable bonds is 6. The van der Waals surface area contributed by atoms with Crippen LogP contribution in [-0.4, -0.2) is 96.2 Å². The first kappa shape index (κ1) is 27.1. The van der Waals surface area contributed by atoms with Gasteiger partial charge in [0.1, 0.15) is 0 Å². The lowest BCUT2D eigenvalue weighted by Crippen LogP contribution is -2.44. The highest BCUT2D eigenvalue weighted by atomic mass is 16.6. The van der Waals surface area contributed by atoms with Gasteiger partial charge in [0.05, 0.1) is 48.3 Å². The standard InChI is InChI=1S/C32H31N5O6/c1-34(2)15-23(38)42-21-13-36-19-11-7-5-9-17(19)25-27-28(32(41)33-31(27)40)26-18-10-6-8-12-20(18)37(30(26)29(25)36)14-22(21)43-24(39)16-35(3)4/h5-12,21-22H,13-16H2,1-4H3,(H,33,40,41). The average molecular weight is 582 g/mol. The molecular formula is C32H31N5O6. The van der Waals surface area contributed by atoms with Crippen LogP contribution in [0.5, 0.6) is 0 Å². The summed E-state index contributed by atoms with van der Waals surface area (Å²) in [7, 11) is 7.12. The van der Waals surface area contributed by atoms with Crippen molar-refractivity contribution in [2.75, 3.05) is 41.3 Å². The summed E-state index contributed by atoms with van der Waals surface area (Å²) in [5.41, 5.74) is 3.85. The van der Waals surface area contributed by atoms with Crippen LogP contribution in [-0.2, 0) is 32.2 Å². The van der Waals surface area contributed by atoms with Crippen LogP contribution in [0.2, 0.25) is 0 Å². The summed E-state index contributed by atoms with van der Waals surface area (Å²) >= 11 is 0. The predicted molar refractivity (Wildman–Crippen MR) is 161 cm³/mol. The number of esters is 2. The smallest absolute Gasteiger partial charge is 0.320 e. The molecule has 220 valence electrons. The van der Waals surface area contributed by atoms with Gasteiger partial charge in [0, 0.05) is 32.6 Å². The van der Waals surface area contributed by atoms with Crippen LogP contribution < -0.4 is 5.32 Å². The number of amides is 2. The number of nitrogens with zero attached hydrogens (tertiary/aromatic N) is 4. The first-order valence-electron chi connectivity index (χ1n) is 14.2. The second-order valence-corrected chi connectivity index (χ2v) is 11.8. The normalized spacial score (nSPS) is 18.2. The number of nitrogens with one attached hydrogen (secondary N) is 1. The zero-order valence-corrected chi connectivity index (χ0v) is 24.3. The van der Waals surface area contributed by atoms with Crippen molar-refractivity contribution >= 4 is 67.4 Å². The third-order valence-electron chi connectivity index (χ3n) is 8.19. The lowest BCUT2D eigenvalue weighted by Gasteiger charge is -2.31. The van der Waals surface area contributed by atoms with Gasteiger partial charge in [-0.1, -0.05) is 36.4 Å². The van der Waals surface area contributed by atoms with Gasteiger partial charge in [0.15, 0.2) is 12.2 Å². The van der Waals surface area contributed by atoms with Crippen LogP contribution >= 0.6 is 0 Å². The molecule has 2 aliphatic rings. The lowest BCUT2D eigenvalue weighted by molar-refractivity contribution is -0.171. The summed E-state index contributed by atoms with van der Waals surface area (Å²) in [4.78, 5) is 56.4. The summed E-state index contributed by atoms with van der Waals surface area (Å²) < 4.78 is 16.3. The number of fused-ring (bicyclic) bond motifs is 9. The van der Waals surface area contributed by atoms with E-state index in [1.54, 1.807) is 38.0 Å². The molecule has 0 bridgehead atoms. The minimum atomic E-state index is -0.842. The van der Waals surface area contributed by atoms with Gasteiger partial charge in [-0.05, 0) is 40.3 Å². The molecule has 43 heavy (non-hydrogen) atoms. The van der Waals surface area contributed by atoms with Crippen molar-refractivity contribution in [3.05, 3.63) is 59.7 Å². The first-order valence-corrected chi connectivity index (χ1v) is 14.2. The van der Waals surface area contributed by atoms with Crippen molar-refractivity contribution < 1.29 is 28.7 Å². The Kier molecular flexibility index (Phi) is 6.26. The Hall–Kier alpha value is -4.74. The Balaban J connectivity index is 1.58. The van der Waals surface area contributed by atoms with E-state index in [-0.39, 0.29) is 26.2 Å². The van der Waals surface area contributed by atoms with Crippen LogP contribution in [0.25, 0.3) is 43.6 Å². The summed E-state index contributed by atoms with van der Waals surface area (Å²) in [6.07, 6.45) is -1.68. The largest absolute Gasteiger partial charge is 0.455 e. The Labute approximate surface area is 246 Å². The van der Waals surface area contributed by atoms with Crippen molar-refractivity contribution in [3.63, 3.8) is 0 Å². The highest BCUT2D eigenvalue weighted by molar-refractivity contribution is 6.39. The lowest BCUT2D eigenvalue weighted by atomic mass is 9.96. The molecule has 0 fully saturated rings. The molecule has 2 aliphatic heterocycles. The average Bonchev–Trinajstić information content (AvgIpc) is 3.53. The molecule has 3 aromatic carbocycles. The number of imide groups is 1. The molecule has 11 nitrogen and oxygen atoms in total. The van der Waals surface area contributed by atoms with Crippen LogP contribution in [0.1, 0.15) is 20.7 Å². The maximum Gasteiger partial charge on any atom is 0.320 e. The van der Waals surface area contributed by atoms with Crippen LogP contribution in [0.4, 0.5) is 0 Å². The van der Waals surface area contributed by atoms with Crippen molar-refractivity contribution in [1.29, 1.82) is 0 Å². The monoisotopic (exact) mass is 581 g/mol. The molecular weight excluding hydrogens is 550 g/mol. The van der Waals surface area contributed by atoms with Crippen molar-refractivity contribution in [2.24, 2.45) is 0 Å². The number of para-hydroxylation sites is 2. The van der Waals surface area contributed by atoms with E-state index in [1.165, 1.54) is 0 Å². The summed E-state index contributed by atoms with van der Waals surface area (Å²) in [6.45, 7) is 0.460. The number of likely N-dealkylation sites (N-methyl/N-ethyl adjacent to an activating group) is 2. The van der Waals surface area contributed by atoms with Gasteiger partial charge >= 0.3 is 11.9 Å². The highest BCUT2D eigenvalue weighted by Gasteiger charge is 2.40. The van der Waals surface area contributed by atoms with E-state index < -0.39 is 36.0 Å². The van der Waals surface area contributed by atoms with E-state index in [4.69, 9.17) is 9.47 Å².